The van der Waals surface area contributed by atoms with Crippen molar-refractivity contribution in [3.8, 4) is 5.75 Å². The van der Waals surface area contributed by atoms with Gasteiger partial charge in [0.2, 0.25) is 0 Å². The van der Waals surface area contributed by atoms with E-state index < -0.39 is 0 Å². The molecule has 0 saturated heterocycles. The Morgan fingerprint density at radius 1 is 1.14 bits per heavy atom. The molecule has 3 heteroatoms. The maximum absolute atomic E-state index is 9.50. The Balaban J connectivity index is 2.20. The molecule has 21 heavy (non-hydrogen) atoms. The maximum atomic E-state index is 9.50. The fraction of sp³-hybridized carbons (Fsp3) is 0.667. The Kier molecular flexibility index (Phi) is 8.40. The molecular weight excluding hydrogens is 262 g/mol. The Bertz CT molecular complexity index is 377. The van der Waals surface area contributed by atoms with E-state index in [4.69, 9.17) is 4.74 Å². The predicted octanol–water partition coefficient (Wildman–Crippen LogP) is 3.55. The monoisotopic (exact) mass is 293 g/mol. The van der Waals surface area contributed by atoms with Gasteiger partial charge in [-0.25, -0.2) is 0 Å². The van der Waals surface area contributed by atoms with Crippen LogP contribution >= 0.6 is 0 Å². The normalized spacial score (nSPS) is 13.9. The zero-order valence-electron chi connectivity index (χ0n) is 13.8. The molecule has 0 fully saturated rings. The smallest absolute Gasteiger partial charge is 0.119 e. The van der Waals surface area contributed by atoms with E-state index in [2.05, 4.69) is 38.2 Å². The van der Waals surface area contributed by atoms with Crippen LogP contribution in [0.1, 0.15) is 52.0 Å². The molecule has 0 aliphatic rings. The molecule has 0 aliphatic carbocycles. The highest BCUT2D eigenvalue weighted by Gasteiger charge is 2.21. The quantitative estimate of drug-likeness (QED) is 0.613. The van der Waals surface area contributed by atoms with Gasteiger partial charge < -0.3 is 15.2 Å². The summed E-state index contributed by atoms with van der Waals surface area (Å²) >= 11 is 0. The van der Waals surface area contributed by atoms with E-state index in [1.54, 1.807) is 0 Å². The SMILES string of the molecule is CCCNC(C)(CO)CCCCOc1ccc(CC)cc1. The summed E-state index contributed by atoms with van der Waals surface area (Å²) in [7, 11) is 0. The number of aryl methyl sites for hydroxylation is 1. The molecule has 0 amide bonds. The second-order valence-corrected chi connectivity index (χ2v) is 5.95. The van der Waals surface area contributed by atoms with E-state index in [0.29, 0.717) is 0 Å². The van der Waals surface area contributed by atoms with Crippen molar-refractivity contribution < 1.29 is 9.84 Å². The van der Waals surface area contributed by atoms with Crippen molar-refractivity contribution in [2.45, 2.75) is 58.4 Å². The summed E-state index contributed by atoms with van der Waals surface area (Å²) in [6, 6.07) is 8.32. The molecular formula is C18H31NO2. The first kappa shape index (κ1) is 18.0. The van der Waals surface area contributed by atoms with Gasteiger partial charge in [-0.3, -0.25) is 0 Å². The molecule has 1 aromatic rings. The Labute approximate surface area is 129 Å². The van der Waals surface area contributed by atoms with Crippen molar-refractivity contribution in [2.24, 2.45) is 0 Å². The predicted molar refractivity (Wildman–Crippen MR) is 89.0 cm³/mol. The largest absolute Gasteiger partial charge is 0.494 e. The van der Waals surface area contributed by atoms with Gasteiger partial charge in [0.15, 0.2) is 0 Å². The molecule has 3 nitrogen and oxygen atoms in total. The highest BCUT2D eigenvalue weighted by atomic mass is 16.5. The number of hydrogen-bond acceptors (Lipinski definition) is 3. The molecule has 1 aromatic carbocycles. The lowest BCUT2D eigenvalue weighted by Crippen LogP contribution is -2.46. The van der Waals surface area contributed by atoms with Crippen LogP contribution in [-0.2, 0) is 6.42 Å². The topological polar surface area (TPSA) is 41.5 Å². The molecule has 0 aromatic heterocycles. The van der Waals surface area contributed by atoms with Gasteiger partial charge in [0, 0.05) is 5.54 Å². The number of unbranched alkanes of at least 4 members (excludes halogenated alkanes) is 1. The van der Waals surface area contributed by atoms with Crippen molar-refractivity contribution in [3.63, 3.8) is 0 Å². The third-order valence-corrected chi connectivity index (χ3v) is 3.87. The Morgan fingerprint density at radius 3 is 2.43 bits per heavy atom. The minimum atomic E-state index is -0.154. The van der Waals surface area contributed by atoms with Crippen LogP contribution in [0.2, 0.25) is 0 Å². The maximum Gasteiger partial charge on any atom is 0.119 e. The van der Waals surface area contributed by atoms with E-state index in [0.717, 1.165) is 51.0 Å². The first-order chi connectivity index (χ1) is 10.1. The zero-order valence-corrected chi connectivity index (χ0v) is 13.8. The Morgan fingerprint density at radius 2 is 1.86 bits per heavy atom. The number of hydrogen-bond donors (Lipinski definition) is 2. The zero-order chi connectivity index (χ0) is 15.6. The number of benzene rings is 1. The summed E-state index contributed by atoms with van der Waals surface area (Å²) in [5, 5.41) is 12.9. The molecule has 0 bridgehead atoms. The van der Waals surface area contributed by atoms with Crippen molar-refractivity contribution >= 4 is 0 Å². The van der Waals surface area contributed by atoms with E-state index in [-0.39, 0.29) is 12.1 Å². The molecule has 0 saturated carbocycles. The van der Waals surface area contributed by atoms with Crippen molar-refractivity contribution in [3.05, 3.63) is 29.8 Å². The van der Waals surface area contributed by atoms with Gasteiger partial charge >= 0.3 is 0 Å². The van der Waals surface area contributed by atoms with Gasteiger partial charge in [0.1, 0.15) is 5.75 Å². The van der Waals surface area contributed by atoms with E-state index in [1.807, 2.05) is 12.1 Å². The highest BCUT2D eigenvalue weighted by Crippen LogP contribution is 2.15. The van der Waals surface area contributed by atoms with E-state index in [1.165, 1.54) is 5.56 Å². The van der Waals surface area contributed by atoms with Crippen LogP contribution < -0.4 is 10.1 Å². The van der Waals surface area contributed by atoms with Crippen LogP contribution in [0.3, 0.4) is 0 Å². The molecule has 1 unspecified atom stereocenters. The summed E-state index contributed by atoms with van der Waals surface area (Å²) < 4.78 is 5.75. The first-order valence-electron chi connectivity index (χ1n) is 8.21. The number of nitrogens with one attached hydrogen (secondary N) is 1. The lowest BCUT2D eigenvalue weighted by Gasteiger charge is -2.28. The summed E-state index contributed by atoms with van der Waals surface area (Å²) in [6.45, 7) is 8.26. The lowest BCUT2D eigenvalue weighted by atomic mass is 9.95. The van der Waals surface area contributed by atoms with Crippen LogP contribution in [0, 0.1) is 0 Å². The van der Waals surface area contributed by atoms with Crippen molar-refractivity contribution in [1.29, 1.82) is 0 Å². The average Bonchev–Trinajstić information content (AvgIpc) is 2.53. The molecule has 0 radical (unpaired) electrons. The van der Waals surface area contributed by atoms with Gasteiger partial charge in [-0.05, 0) is 63.3 Å². The van der Waals surface area contributed by atoms with Crippen LogP contribution in [0.25, 0.3) is 0 Å². The number of rotatable bonds is 11. The average molecular weight is 293 g/mol. The van der Waals surface area contributed by atoms with E-state index in [9.17, 15) is 5.11 Å². The third kappa shape index (κ3) is 6.96. The van der Waals surface area contributed by atoms with Crippen LogP contribution in [0.5, 0.6) is 5.75 Å². The van der Waals surface area contributed by atoms with Gasteiger partial charge in [-0.15, -0.1) is 0 Å². The number of aliphatic hydroxyl groups excluding tert-OH is 1. The molecule has 0 spiro atoms. The molecule has 1 atom stereocenters. The van der Waals surface area contributed by atoms with Crippen LogP contribution in [0.15, 0.2) is 24.3 Å². The molecule has 2 N–H and O–H groups in total. The molecule has 120 valence electrons. The lowest BCUT2D eigenvalue weighted by molar-refractivity contribution is 0.160. The van der Waals surface area contributed by atoms with Gasteiger partial charge in [-0.2, -0.15) is 0 Å². The van der Waals surface area contributed by atoms with Gasteiger partial charge in [-0.1, -0.05) is 26.0 Å². The van der Waals surface area contributed by atoms with Crippen molar-refractivity contribution in [2.75, 3.05) is 19.8 Å². The summed E-state index contributed by atoms with van der Waals surface area (Å²) in [5.41, 5.74) is 1.18. The standard InChI is InChI=1S/C18H31NO2/c1-4-13-19-18(3,15-20)12-6-7-14-21-17-10-8-16(5-2)9-11-17/h8-11,19-20H,4-7,12-15H2,1-3H3. The summed E-state index contributed by atoms with van der Waals surface area (Å²) in [5.74, 6) is 0.946. The molecule has 1 rings (SSSR count). The fourth-order valence-corrected chi connectivity index (χ4v) is 2.28. The fourth-order valence-electron chi connectivity index (χ4n) is 2.28. The number of aliphatic hydroxyl groups is 1. The first-order valence-corrected chi connectivity index (χ1v) is 8.21. The number of ether oxygens (including phenoxy) is 1. The Hall–Kier alpha value is -1.06. The summed E-state index contributed by atoms with van der Waals surface area (Å²) in [6.07, 6.45) is 5.19. The molecule has 0 aliphatic heterocycles. The van der Waals surface area contributed by atoms with Gasteiger partial charge in [0.25, 0.3) is 0 Å². The van der Waals surface area contributed by atoms with Crippen LogP contribution in [0.4, 0.5) is 0 Å². The van der Waals surface area contributed by atoms with Gasteiger partial charge in [0.05, 0.1) is 13.2 Å². The summed E-state index contributed by atoms with van der Waals surface area (Å²) in [4.78, 5) is 0. The molecule has 0 heterocycles. The third-order valence-electron chi connectivity index (χ3n) is 3.87. The highest BCUT2D eigenvalue weighted by molar-refractivity contribution is 5.27. The minimum Gasteiger partial charge on any atom is -0.494 e. The van der Waals surface area contributed by atoms with Crippen LogP contribution in [-0.4, -0.2) is 30.4 Å². The minimum absolute atomic E-state index is 0.154. The van der Waals surface area contributed by atoms with Crippen molar-refractivity contribution in [1.82, 2.24) is 5.32 Å². The second-order valence-electron chi connectivity index (χ2n) is 5.95. The van der Waals surface area contributed by atoms with E-state index >= 15 is 0 Å². The second kappa shape index (κ2) is 9.80.